The molecule has 0 aliphatic carbocycles. The molecule has 0 bridgehead atoms. The summed E-state index contributed by atoms with van der Waals surface area (Å²) in [4.78, 5) is 17.8. The van der Waals surface area contributed by atoms with E-state index < -0.39 is 15.9 Å². The van der Waals surface area contributed by atoms with Gasteiger partial charge in [-0.25, -0.2) is 13.4 Å². The highest BCUT2D eigenvalue weighted by molar-refractivity contribution is 7.89. The van der Waals surface area contributed by atoms with Crippen LogP contribution in [0, 0.1) is 6.92 Å². The number of aryl methyl sites for hydroxylation is 1. The molecule has 0 unspecified atom stereocenters. The molecular formula is C23H27N5O4S. The van der Waals surface area contributed by atoms with E-state index in [0.29, 0.717) is 48.9 Å². The van der Waals surface area contributed by atoms with Gasteiger partial charge in [0.15, 0.2) is 5.82 Å². The molecule has 1 aromatic heterocycles. The first-order chi connectivity index (χ1) is 15.8. The Morgan fingerprint density at radius 3 is 2.58 bits per heavy atom. The highest BCUT2D eigenvalue weighted by atomic mass is 32.2. The third-order valence-corrected chi connectivity index (χ3v) is 7.42. The van der Waals surface area contributed by atoms with Gasteiger partial charge in [-0.2, -0.15) is 9.40 Å². The van der Waals surface area contributed by atoms with Crippen LogP contribution in [-0.2, 0) is 14.8 Å². The molecule has 1 aliphatic heterocycles. The number of hydrogen-bond donors (Lipinski definition) is 2. The predicted octanol–water partition coefficient (Wildman–Crippen LogP) is 3.18. The van der Waals surface area contributed by atoms with E-state index in [-0.39, 0.29) is 16.4 Å². The number of ether oxygens (including phenoxy) is 1. The van der Waals surface area contributed by atoms with Gasteiger partial charge in [-0.3, -0.25) is 9.89 Å². The zero-order chi connectivity index (χ0) is 23.6. The van der Waals surface area contributed by atoms with E-state index >= 15 is 0 Å². The Bertz CT molecular complexity index is 1260. The van der Waals surface area contributed by atoms with E-state index in [2.05, 4.69) is 20.5 Å². The van der Waals surface area contributed by atoms with Crippen molar-refractivity contribution in [1.82, 2.24) is 19.5 Å². The summed E-state index contributed by atoms with van der Waals surface area (Å²) in [5.74, 6) is 1.02. The van der Waals surface area contributed by atoms with Crippen molar-refractivity contribution < 1.29 is 17.9 Å². The molecule has 0 saturated carbocycles. The first kappa shape index (κ1) is 23.1. The van der Waals surface area contributed by atoms with Crippen molar-refractivity contribution in [3.05, 3.63) is 59.4 Å². The smallest absolute Gasteiger partial charge is 0.255 e. The Morgan fingerprint density at radius 1 is 1.15 bits per heavy atom. The van der Waals surface area contributed by atoms with E-state index in [1.165, 1.54) is 16.4 Å². The Hall–Kier alpha value is -3.08. The van der Waals surface area contributed by atoms with Crippen molar-refractivity contribution in [3.63, 3.8) is 0 Å². The molecule has 1 saturated heterocycles. The molecule has 9 nitrogen and oxygen atoms in total. The Labute approximate surface area is 193 Å². The molecule has 174 valence electrons. The maximum Gasteiger partial charge on any atom is 0.255 e. The molecular weight excluding hydrogens is 442 g/mol. The summed E-state index contributed by atoms with van der Waals surface area (Å²) in [7, 11) is -3.72. The number of hydrogen-bond acceptors (Lipinski definition) is 6. The summed E-state index contributed by atoms with van der Waals surface area (Å²) in [5.41, 5.74) is 2.17. The van der Waals surface area contributed by atoms with Gasteiger partial charge in [0.05, 0.1) is 23.8 Å². The molecule has 0 radical (unpaired) electrons. The number of aromatic amines is 1. The summed E-state index contributed by atoms with van der Waals surface area (Å²) in [6.45, 7) is 7.10. The maximum atomic E-state index is 13.2. The van der Waals surface area contributed by atoms with Gasteiger partial charge in [-0.1, -0.05) is 32.0 Å². The fraction of sp³-hybridized carbons (Fsp3) is 0.348. The number of sulfonamides is 1. The molecule has 10 heteroatoms. The van der Waals surface area contributed by atoms with Crippen molar-refractivity contribution in [2.45, 2.75) is 31.6 Å². The normalized spacial score (nSPS) is 15.0. The summed E-state index contributed by atoms with van der Waals surface area (Å²) >= 11 is 0. The zero-order valence-corrected chi connectivity index (χ0v) is 19.6. The lowest BCUT2D eigenvalue weighted by molar-refractivity contribution is 0.0730. The highest BCUT2D eigenvalue weighted by Crippen LogP contribution is 2.27. The summed E-state index contributed by atoms with van der Waals surface area (Å²) in [5, 5.41) is 10.1. The van der Waals surface area contributed by atoms with Crippen LogP contribution in [0.1, 0.15) is 41.5 Å². The number of para-hydroxylation sites is 1. The molecule has 33 heavy (non-hydrogen) atoms. The lowest BCUT2D eigenvalue weighted by atomic mass is 10.1. The van der Waals surface area contributed by atoms with Crippen LogP contribution in [-0.4, -0.2) is 60.1 Å². The molecule has 1 amide bonds. The second kappa shape index (κ2) is 9.42. The number of nitrogens with zero attached hydrogens (tertiary/aromatic N) is 3. The zero-order valence-electron chi connectivity index (χ0n) is 18.8. The Morgan fingerprint density at radius 2 is 1.88 bits per heavy atom. The fourth-order valence-corrected chi connectivity index (χ4v) is 5.01. The number of morpholine rings is 1. The van der Waals surface area contributed by atoms with Gasteiger partial charge in [0, 0.05) is 30.1 Å². The lowest BCUT2D eigenvalue weighted by Crippen LogP contribution is -2.40. The Kier molecular flexibility index (Phi) is 6.59. The average Bonchev–Trinajstić information content (AvgIpc) is 3.31. The van der Waals surface area contributed by atoms with E-state index in [4.69, 9.17) is 4.74 Å². The quantitative estimate of drug-likeness (QED) is 0.573. The topological polar surface area (TPSA) is 117 Å². The van der Waals surface area contributed by atoms with Gasteiger partial charge in [-0.15, -0.1) is 0 Å². The largest absolute Gasteiger partial charge is 0.379 e. The van der Waals surface area contributed by atoms with Crippen LogP contribution in [0.25, 0.3) is 11.4 Å². The third-order valence-electron chi connectivity index (χ3n) is 5.53. The van der Waals surface area contributed by atoms with Crippen LogP contribution in [0.3, 0.4) is 0 Å². The van der Waals surface area contributed by atoms with Crippen molar-refractivity contribution in [2.24, 2.45) is 0 Å². The number of aromatic nitrogens is 3. The standard InChI is InChI=1S/C23H27N5O4S/c1-15(2)21-25-22(27-26-21)18-6-4-5-7-20(18)24-23(29)19-14-17(9-8-16(19)3)33(30,31)28-10-12-32-13-11-28/h4-9,14-15H,10-13H2,1-3H3,(H,24,29)(H,25,26,27). The van der Waals surface area contributed by atoms with Crippen LogP contribution < -0.4 is 5.32 Å². The molecule has 3 aromatic rings. The van der Waals surface area contributed by atoms with Gasteiger partial charge < -0.3 is 10.1 Å². The van der Waals surface area contributed by atoms with Crippen LogP contribution in [0.4, 0.5) is 5.69 Å². The number of carbonyl (C=O) groups excluding carboxylic acids is 1. The van der Waals surface area contributed by atoms with E-state index in [1.807, 2.05) is 26.0 Å². The minimum Gasteiger partial charge on any atom is -0.379 e. The number of anilines is 1. The number of benzene rings is 2. The SMILES string of the molecule is Cc1ccc(S(=O)(=O)N2CCOCC2)cc1C(=O)Nc1ccccc1-c1n[nH]c(C(C)C)n1. The van der Waals surface area contributed by atoms with Crippen LogP contribution in [0.15, 0.2) is 47.4 Å². The van der Waals surface area contributed by atoms with E-state index in [0.717, 1.165) is 5.82 Å². The molecule has 1 aliphatic rings. The van der Waals surface area contributed by atoms with Gasteiger partial charge in [0.1, 0.15) is 5.82 Å². The fourth-order valence-electron chi connectivity index (χ4n) is 3.57. The highest BCUT2D eigenvalue weighted by Gasteiger charge is 2.27. The Balaban J connectivity index is 1.63. The first-order valence-corrected chi connectivity index (χ1v) is 12.2. The van der Waals surface area contributed by atoms with Gasteiger partial charge in [0.25, 0.3) is 5.91 Å². The monoisotopic (exact) mass is 469 g/mol. The molecule has 2 N–H and O–H groups in total. The van der Waals surface area contributed by atoms with Gasteiger partial charge in [-0.05, 0) is 36.8 Å². The van der Waals surface area contributed by atoms with Crippen molar-refractivity contribution in [1.29, 1.82) is 0 Å². The second-order valence-corrected chi connectivity index (χ2v) is 10.1. The molecule has 4 rings (SSSR count). The second-order valence-electron chi connectivity index (χ2n) is 8.19. The van der Waals surface area contributed by atoms with Crippen molar-refractivity contribution in [3.8, 4) is 11.4 Å². The van der Waals surface area contributed by atoms with Crippen LogP contribution >= 0.6 is 0 Å². The molecule has 2 heterocycles. The minimum absolute atomic E-state index is 0.0870. The van der Waals surface area contributed by atoms with Crippen molar-refractivity contribution >= 4 is 21.6 Å². The lowest BCUT2D eigenvalue weighted by Gasteiger charge is -2.26. The summed E-state index contributed by atoms with van der Waals surface area (Å²) in [6.07, 6.45) is 0. The third kappa shape index (κ3) is 4.82. The molecule has 1 fully saturated rings. The van der Waals surface area contributed by atoms with Crippen molar-refractivity contribution in [2.75, 3.05) is 31.6 Å². The summed E-state index contributed by atoms with van der Waals surface area (Å²) in [6, 6.07) is 11.9. The number of rotatable bonds is 6. The number of amides is 1. The number of H-pyrrole nitrogens is 1. The average molecular weight is 470 g/mol. The van der Waals surface area contributed by atoms with E-state index in [1.54, 1.807) is 25.1 Å². The van der Waals surface area contributed by atoms with Gasteiger partial charge >= 0.3 is 0 Å². The van der Waals surface area contributed by atoms with Crippen LogP contribution in [0.2, 0.25) is 0 Å². The predicted molar refractivity (Wildman–Crippen MR) is 125 cm³/mol. The number of nitrogens with one attached hydrogen (secondary N) is 2. The van der Waals surface area contributed by atoms with Gasteiger partial charge in [0.2, 0.25) is 10.0 Å². The minimum atomic E-state index is -3.72. The summed E-state index contributed by atoms with van der Waals surface area (Å²) < 4.78 is 32.7. The molecule has 0 atom stereocenters. The first-order valence-electron chi connectivity index (χ1n) is 10.8. The van der Waals surface area contributed by atoms with E-state index in [9.17, 15) is 13.2 Å². The molecule has 0 spiro atoms. The molecule has 2 aromatic carbocycles. The maximum absolute atomic E-state index is 13.2. The number of carbonyl (C=O) groups is 1. The van der Waals surface area contributed by atoms with Crippen LogP contribution in [0.5, 0.6) is 0 Å².